The minimum absolute atomic E-state index is 0.205. The van der Waals surface area contributed by atoms with E-state index in [-0.39, 0.29) is 12.8 Å². The number of rotatable bonds is 8. The quantitative estimate of drug-likeness (QED) is 0.122. The lowest BCUT2D eigenvalue weighted by atomic mass is 9.88. The molecule has 0 aliphatic rings. The van der Waals surface area contributed by atoms with Crippen LogP contribution in [0, 0.1) is 35.5 Å². The van der Waals surface area contributed by atoms with Gasteiger partial charge < -0.3 is 10.2 Å². The van der Waals surface area contributed by atoms with Crippen molar-refractivity contribution >= 4 is 76.6 Å². The van der Waals surface area contributed by atoms with Gasteiger partial charge in [-0.2, -0.15) is 0 Å². The first kappa shape index (κ1) is 33.0. The Morgan fingerprint density at radius 3 is 1.20 bits per heavy atom. The van der Waals surface area contributed by atoms with E-state index in [9.17, 15) is 19.8 Å². The van der Waals surface area contributed by atoms with Crippen molar-refractivity contribution in [2.24, 2.45) is 11.8 Å². The molecule has 0 aromatic heterocycles. The van der Waals surface area contributed by atoms with Gasteiger partial charge in [-0.3, -0.25) is 9.59 Å². The standard InChI is InChI=1S/C50H34O4/c51-49(52)41(29-39-22-20-37-18-16-33-10-4-12-35-24-26-43(39)47(37)45(33)35)14-2-8-31-6-1-7-32(28-31)9-3-15-42(50(53)54)30-40-23-21-38-19-17-34-11-5-13-36-25-27-44(40)48(38)46(34)36/h1,4-7,10-13,16-28,41-42H,14-15,29-30H2,(H,51,52)(H,53,54)/t41-,42-/m0/s1. The number of carboxylic acid groups (broad SMARTS) is 2. The number of carbonyl (C=O) groups is 2. The molecule has 0 bridgehead atoms. The van der Waals surface area contributed by atoms with Gasteiger partial charge in [0.15, 0.2) is 0 Å². The van der Waals surface area contributed by atoms with Crippen LogP contribution in [0.2, 0.25) is 0 Å². The highest BCUT2D eigenvalue weighted by atomic mass is 16.4. The average molecular weight is 699 g/mol. The molecule has 4 nitrogen and oxygen atoms in total. The van der Waals surface area contributed by atoms with Crippen molar-refractivity contribution in [3.05, 3.63) is 156 Å². The van der Waals surface area contributed by atoms with Gasteiger partial charge in [0, 0.05) is 24.0 Å². The third-order valence-electron chi connectivity index (χ3n) is 10.9. The Labute approximate surface area is 312 Å². The van der Waals surface area contributed by atoms with Crippen molar-refractivity contribution in [2.75, 3.05) is 0 Å². The molecule has 9 aromatic carbocycles. The van der Waals surface area contributed by atoms with Crippen molar-refractivity contribution in [1.29, 1.82) is 0 Å². The molecular weight excluding hydrogens is 665 g/mol. The Balaban J connectivity index is 0.908. The molecule has 0 fully saturated rings. The Kier molecular flexibility index (Phi) is 8.30. The van der Waals surface area contributed by atoms with Gasteiger partial charge >= 0.3 is 11.9 Å². The largest absolute Gasteiger partial charge is 0.481 e. The van der Waals surface area contributed by atoms with Crippen LogP contribution in [0.1, 0.15) is 35.1 Å². The molecule has 0 amide bonds. The molecule has 0 radical (unpaired) electrons. The smallest absolute Gasteiger partial charge is 0.307 e. The monoisotopic (exact) mass is 698 g/mol. The highest BCUT2D eigenvalue weighted by molar-refractivity contribution is 6.24. The van der Waals surface area contributed by atoms with E-state index in [1.54, 1.807) is 0 Å². The van der Waals surface area contributed by atoms with E-state index in [0.29, 0.717) is 12.8 Å². The lowest BCUT2D eigenvalue weighted by Crippen LogP contribution is -2.16. The van der Waals surface area contributed by atoms with E-state index >= 15 is 0 Å². The summed E-state index contributed by atoms with van der Waals surface area (Å²) in [5.41, 5.74) is 3.48. The summed E-state index contributed by atoms with van der Waals surface area (Å²) in [6.45, 7) is 0. The predicted octanol–water partition coefficient (Wildman–Crippen LogP) is 10.9. The fraction of sp³-hybridized carbons (Fsp3) is 0.120. The number of hydrogen-bond acceptors (Lipinski definition) is 2. The van der Waals surface area contributed by atoms with Crippen LogP contribution in [-0.2, 0) is 22.4 Å². The fourth-order valence-corrected chi connectivity index (χ4v) is 8.20. The second kappa shape index (κ2) is 13.6. The van der Waals surface area contributed by atoms with Gasteiger partial charge in [0.1, 0.15) is 0 Å². The summed E-state index contributed by atoms with van der Waals surface area (Å²) < 4.78 is 0. The van der Waals surface area contributed by atoms with Crippen LogP contribution < -0.4 is 0 Å². The summed E-state index contributed by atoms with van der Waals surface area (Å²) in [7, 11) is 0. The van der Waals surface area contributed by atoms with Gasteiger partial charge in [0.2, 0.25) is 0 Å². The van der Waals surface area contributed by atoms with Gasteiger partial charge in [-0.15, -0.1) is 0 Å². The normalized spacial score (nSPS) is 12.6. The summed E-state index contributed by atoms with van der Waals surface area (Å²) in [5.74, 6) is 9.46. The number of carboxylic acids is 2. The van der Waals surface area contributed by atoms with E-state index in [2.05, 4.69) is 121 Å². The summed E-state index contributed by atoms with van der Waals surface area (Å²) in [5, 5.41) is 34.3. The number of hydrogen-bond donors (Lipinski definition) is 2. The zero-order valence-corrected chi connectivity index (χ0v) is 29.4. The molecule has 2 atom stereocenters. The molecule has 0 spiro atoms. The Hall–Kier alpha value is -6.88. The van der Waals surface area contributed by atoms with E-state index in [1.165, 1.54) is 43.1 Å². The number of aliphatic carboxylic acids is 2. The first-order valence-electron chi connectivity index (χ1n) is 18.3. The molecule has 0 aliphatic heterocycles. The molecule has 0 saturated heterocycles. The first-order chi connectivity index (χ1) is 26.4. The summed E-state index contributed by atoms with van der Waals surface area (Å²) >= 11 is 0. The second-order valence-corrected chi connectivity index (χ2v) is 14.2. The van der Waals surface area contributed by atoms with Gasteiger partial charge in [-0.1, -0.05) is 139 Å². The average Bonchev–Trinajstić information content (AvgIpc) is 3.19. The third kappa shape index (κ3) is 5.99. The maximum Gasteiger partial charge on any atom is 0.307 e. The van der Waals surface area contributed by atoms with Crippen LogP contribution >= 0.6 is 0 Å². The van der Waals surface area contributed by atoms with Crippen LogP contribution in [-0.4, -0.2) is 22.2 Å². The molecule has 9 aromatic rings. The molecule has 9 rings (SSSR count). The van der Waals surface area contributed by atoms with Crippen molar-refractivity contribution in [2.45, 2.75) is 25.7 Å². The molecule has 2 N–H and O–H groups in total. The molecule has 0 heterocycles. The maximum atomic E-state index is 12.4. The summed E-state index contributed by atoms with van der Waals surface area (Å²) in [4.78, 5) is 24.8. The van der Waals surface area contributed by atoms with E-state index in [0.717, 1.165) is 43.8 Å². The summed E-state index contributed by atoms with van der Waals surface area (Å²) in [6.07, 6.45) is 1.17. The molecule has 258 valence electrons. The van der Waals surface area contributed by atoms with Crippen LogP contribution in [0.4, 0.5) is 0 Å². The Morgan fingerprint density at radius 2 is 0.796 bits per heavy atom. The minimum Gasteiger partial charge on any atom is -0.481 e. The Morgan fingerprint density at radius 1 is 0.444 bits per heavy atom. The molecule has 4 heteroatoms. The SMILES string of the molecule is O=C(O)[C@@H](CC#Cc1cccc(C#CC[C@@H](Cc2ccc3ccc4cccc5ccc2c3c45)C(=O)O)c1)Cc1ccc2ccc3cccc4ccc1c2c34. The molecule has 0 saturated carbocycles. The highest BCUT2D eigenvalue weighted by Crippen LogP contribution is 2.38. The van der Waals surface area contributed by atoms with Crippen LogP contribution in [0.25, 0.3) is 64.6 Å². The fourth-order valence-electron chi connectivity index (χ4n) is 8.20. The van der Waals surface area contributed by atoms with Crippen LogP contribution in [0.3, 0.4) is 0 Å². The van der Waals surface area contributed by atoms with Gasteiger partial charge in [0.25, 0.3) is 0 Å². The van der Waals surface area contributed by atoms with Gasteiger partial charge in [-0.05, 0) is 107 Å². The van der Waals surface area contributed by atoms with E-state index < -0.39 is 23.8 Å². The van der Waals surface area contributed by atoms with E-state index in [4.69, 9.17) is 0 Å². The predicted molar refractivity (Wildman–Crippen MR) is 219 cm³/mol. The third-order valence-corrected chi connectivity index (χ3v) is 10.9. The van der Waals surface area contributed by atoms with Crippen molar-refractivity contribution in [1.82, 2.24) is 0 Å². The van der Waals surface area contributed by atoms with Crippen molar-refractivity contribution < 1.29 is 19.8 Å². The van der Waals surface area contributed by atoms with Crippen LogP contribution in [0.5, 0.6) is 0 Å². The second-order valence-electron chi connectivity index (χ2n) is 14.2. The minimum atomic E-state index is -0.871. The lowest BCUT2D eigenvalue weighted by molar-refractivity contribution is -0.142. The van der Waals surface area contributed by atoms with Crippen molar-refractivity contribution in [3.8, 4) is 23.7 Å². The Bertz CT molecular complexity index is 2810. The van der Waals surface area contributed by atoms with Crippen molar-refractivity contribution in [3.63, 3.8) is 0 Å². The number of benzene rings is 9. The zero-order chi connectivity index (χ0) is 36.8. The first-order valence-corrected chi connectivity index (χ1v) is 18.3. The zero-order valence-electron chi connectivity index (χ0n) is 29.4. The molecule has 0 unspecified atom stereocenters. The van der Waals surface area contributed by atoms with Crippen LogP contribution in [0.15, 0.2) is 133 Å². The molecule has 0 aliphatic carbocycles. The maximum absolute atomic E-state index is 12.4. The van der Waals surface area contributed by atoms with E-state index in [1.807, 2.05) is 36.4 Å². The molecule has 54 heavy (non-hydrogen) atoms. The van der Waals surface area contributed by atoms with Gasteiger partial charge in [0.05, 0.1) is 11.8 Å². The molecular formula is C50H34O4. The highest BCUT2D eigenvalue weighted by Gasteiger charge is 2.21. The summed E-state index contributed by atoms with van der Waals surface area (Å²) in [6, 6.07) is 45.4. The lowest BCUT2D eigenvalue weighted by Gasteiger charge is -2.16. The topological polar surface area (TPSA) is 74.6 Å². The van der Waals surface area contributed by atoms with Gasteiger partial charge in [-0.25, -0.2) is 0 Å².